The molecule has 0 atom stereocenters. The van der Waals surface area contributed by atoms with E-state index in [1.807, 2.05) is 42.7 Å². The number of rotatable bonds is 4. The van der Waals surface area contributed by atoms with Crippen LogP contribution in [0.5, 0.6) is 0 Å². The Hall–Kier alpha value is -2.32. The summed E-state index contributed by atoms with van der Waals surface area (Å²) in [5.41, 5.74) is 5.54. The molecule has 0 spiro atoms. The van der Waals surface area contributed by atoms with E-state index in [9.17, 15) is 13.2 Å². The molecule has 0 aliphatic heterocycles. The lowest BCUT2D eigenvalue weighted by Crippen LogP contribution is -2.05. The molecule has 28 heavy (non-hydrogen) atoms. The molecule has 2 heterocycles. The van der Waals surface area contributed by atoms with Crippen LogP contribution in [-0.4, -0.2) is 15.8 Å². The number of nitrogens with one attached hydrogen (secondary N) is 1. The topological polar surface area (TPSA) is 42.2 Å². The predicted octanol–water partition coefficient (Wildman–Crippen LogP) is 6.37. The maximum Gasteiger partial charge on any atom is 0.417 e. The van der Waals surface area contributed by atoms with Crippen LogP contribution in [0.4, 0.5) is 19.0 Å². The number of nitrogens with zero attached hydrogens (tertiary/aromatic N) is 3. The Morgan fingerprint density at radius 3 is 2.54 bits per heavy atom. The van der Waals surface area contributed by atoms with E-state index in [1.165, 1.54) is 6.07 Å². The third-order valence-electron chi connectivity index (χ3n) is 4.11. The summed E-state index contributed by atoms with van der Waals surface area (Å²) in [6, 6.07) is 9.82. The lowest BCUT2D eigenvalue weighted by molar-refractivity contribution is -0.137. The van der Waals surface area contributed by atoms with Gasteiger partial charge >= 0.3 is 6.18 Å². The van der Waals surface area contributed by atoms with Crippen LogP contribution in [0.2, 0.25) is 5.02 Å². The van der Waals surface area contributed by atoms with E-state index in [4.69, 9.17) is 11.6 Å². The molecule has 4 nitrogen and oxygen atoms in total. The van der Waals surface area contributed by atoms with Gasteiger partial charge in [-0.15, -0.1) is 0 Å². The average Bonchev–Trinajstić information content (AvgIpc) is 2.91. The maximum absolute atomic E-state index is 12.6. The molecule has 0 bridgehead atoms. The van der Waals surface area contributed by atoms with Crippen molar-refractivity contribution in [1.82, 2.24) is 9.55 Å². The van der Waals surface area contributed by atoms with Crippen molar-refractivity contribution in [3.63, 3.8) is 0 Å². The molecule has 0 radical (unpaired) electrons. The largest absolute Gasteiger partial charge is 0.417 e. The number of aromatic nitrogens is 2. The van der Waals surface area contributed by atoms with Gasteiger partial charge in [0, 0.05) is 33.3 Å². The van der Waals surface area contributed by atoms with Crippen LogP contribution >= 0.6 is 27.5 Å². The van der Waals surface area contributed by atoms with Crippen molar-refractivity contribution in [2.45, 2.75) is 20.0 Å². The van der Waals surface area contributed by atoms with E-state index in [0.717, 1.165) is 39.4 Å². The zero-order valence-corrected chi connectivity index (χ0v) is 17.2. The van der Waals surface area contributed by atoms with Crippen LogP contribution in [-0.2, 0) is 6.18 Å². The maximum atomic E-state index is 12.6. The summed E-state index contributed by atoms with van der Waals surface area (Å²) in [5.74, 6) is 0.220. The van der Waals surface area contributed by atoms with Crippen molar-refractivity contribution in [3.8, 4) is 5.69 Å². The molecule has 1 aromatic carbocycles. The highest BCUT2D eigenvalue weighted by atomic mass is 79.9. The van der Waals surface area contributed by atoms with Crippen LogP contribution in [0.3, 0.4) is 0 Å². The summed E-state index contributed by atoms with van der Waals surface area (Å²) in [7, 11) is 0. The summed E-state index contributed by atoms with van der Waals surface area (Å²) in [4.78, 5) is 3.72. The van der Waals surface area contributed by atoms with Gasteiger partial charge in [-0.25, -0.2) is 4.98 Å². The number of halogens is 5. The summed E-state index contributed by atoms with van der Waals surface area (Å²) in [5, 5.41) is 4.69. The Bertz CT molecular complexity index is 1030. The molecule has 9 heteroatoms. The smallest absolute Gasteiger partial charge is 0.318 e. The second-order valence-electron chi connectivity index (χ2n) is 6.06. The van der Waals surface area contributed by atoms with Gasteiger partial charge in [0.2, 0.25) is 0 Å². The molecule has 0 saturated carbocycles. The van der Waals surface area contributed by atoms with Gasteiger partial charge in [0.1, 0.15) is 5.82 Å². The van der Waals surface area contributed by atoms with Crippen molar-refractivity contribution in [2.75, 3.05) is 5.43 Å². The summed E-state index contributed by atoms with van der Waals surface area (Å²) in [6.07, 6.45) is -2.05. The van der Waals surface area contributed by atoms with E-state index in [2.05, 4.69) is 31.4 Å². The van der Waals surface area contributed by atoms with Gasteiger partial charge in [-0.05, 0) is 66.2 Å². The molecule has 0 fully saturated rings. The van der Waals surface area contributed by atoms with Crippen LogP contribution in [0.25, 0.3) is 5.69 Å². The van der Waals surface area contributed by atoms with E-state index >= 15 is 0 Å². The van der Waals surface area contributed by atoms with Gasteiger partial charge in [-0.2, -0.15) is 18.3 Å². The Morgan fingerprint density at radius 1 is 1.18 bits per heavy atom. The number of anilines is 1. The second-order valence-corrected chi connectivity index (χ2v) is 7.32. The van der Waals surface area contributed by atoms with Crippen molar-refractivity contribution in [1.29, 1.82) is 0 Å². The highest BCUT2D eigenvalue weighted by molar-refractivity contribution is 9.10. The fourth-order valence-electron chi connectivity index (χ4n) is 2.74. The number of alkyl halides is 3. The number of hydrogen-bond acceptors (Lipinski definition) is 3. The normalized spacial score (nSPS) is 12.0. The molecule has 146 valence electrons. The van der Waals surface area contributed by atoms with Crippen LogP contribution in [0.1, 0.15) is 22.5 Å². The second kappa shape index (κ2) is 7.97. The molecule has 3 aromatic rings. The van der Waals surface area contributed by atoms with Crippen LogP contribution < -0.4 is 5.43 Å². The summed E-state index contributed by atoms with van der Waals surface area (Å²) in [6.45, 7) is 3.91. The van der Waals surface area contributed by atoms with Crippen molar-refractivity contribution >= 4 is 39.6 Å². The van der Waals surface area contributed by atoms with Gasteiger partial charge in [0.25, 0.3) is 0 Å². The number of aryl methyl sites for hydroxylation is 1. The number of hydrogen-bond donors (Lipinski definition) is 1. The van der Waals surface area contributed by atoms with Crippen molar-refractivity contribution < 1.29 is 13.2 Å². The SMILES string of the molecule is Cc1cc(/C=N\Nc2ccc(C(F)(F)F)cn2)c(C)n1-c1ccc(Br)c(Cl)c1. The van der Waals surface area contributed by atoms with Gasteiger partial charge in [-0.1, -0.05) is 11.6 Å². The minimum atomic E-state index is -4.41. The highest BCUT2D eigenvalue weighted by Gasteiger charge is 2.30. The predicted molar refractivity (Wildman–Crippen MR) is 108 cm³/mol. The van der Waals surface area contributed by atoms with Crippen molar-refractivity contribution in [2.24, 2.45) is 5.10 Å². The number of hydrazone groups is 1. The summed E-state index contributed by atoms with van der Waals surface area (Å²) >= 11 is 9.57. The fourth-order valence-corrected chi connectivity index (χ4v) is 3.16. The average molecular weight is 472 g/mol. The number of benzene rings is 1. The Balaban J connectivity index is 1.79. The van der Waals surface area contributed by atoms with Crippen molar-refractivity contribution in [3.05, 3.63) is 74.6 Å². The van der Waals surface area contributed by atoms with Gasteiger partial charge in [0.15, 0.2) is 0 Å². The zero-order chi connectivity index (χ0) is 20.5. The fraction of sp³-hybridized carbons (Fsp3) is 0.158. The van der Waals surface area contributed by atoms with E-state index < -0.39 is 11.7 Å². The molecule has 0 aliphatic carbocycles. The third kappa shape index (κ3) is 4.39. The standard InChI is InChI=1S/C19H15BrClF3N4/c1-11-7-13(12(2)28(11)15-4-5-16(20)17(21)8-15)9-26-27-18-6-3-14(10-25-18)19(22,23)24/h3-10H,1-2H3,(H,25,27)/b26-9-. The van der Waals surface area contributed by atoms with E-state index in [-0.39, 0.29) is 5.82 Å². The lowest BCUT2D eigenvalue weighted by Gasteiger charge is -2.10. The lowest BCUT2D eigenvalue weighted by atomic mass is 10.2. The molecular weight excluding hydrogens is 457 g/mol. The Labute approximate surface area is 173 Å². The van der Waals surface area contributed by atoms with Gasteiger partial charge in [0.05, 0.1) is 16.8 Å². The quantitative estimate of drug-likeness (QED) is 0.355. The van der Waals surface area contributed by atoms with E-state index in [1.54, 1.807) is 6.21 Å². The molecule has 0 amide bonds. The minimum Gasteiger partial charge on any atom is -0.318 e. The van der Waals surface area contributed by atoms with E-state index in [0.29, 0.717) is 5.02 Å². The Kier molecular flexibility index (Phi) is 5.81. The highest BCUT2D eigenvalue weighted by Crippen LogP contribution is 2.29. The monoisotopic (exact) mass is 470 g/mol. The molecular formula is C19H15BrClF3N4. The number of pyridine rings is 1. The minimum absolute atomic E-state index is 0.220. The first-order chi connectivity index (χ1) is 13.2. The van der Waals surface area contributed by atoms with Gasteiger partial charge in [-0.3, -0.25) is 5.43 Å². The van der Waals surface area contributed by atoms with Crippen LogP contribution in [0.15, 0.2) is 52.2 Å². The first-order valence-corrected chi connectivity index (χ1v) is 9.30. The first kappa shape index (κ1) is 20.4. The molecule has 0 saturated heterocycles. The molecule has 0 aliphatic rings. The molecule has 0 unspecified atom stereocenters. The molecule has 1 N–H and O–H groups in total. The van der Waals surface area contributed by atoms with Gasteiger partial charge < -0.3 is 4.57 Å². The zero-order valence-electron chi connectivity index (χ0n) is 14.9. The third-order valence-corrected chi connectivity index (χ3v) is 5.34. The summed E-state index contributed by atoms with van der Waals surface area (Å²) < 4.78 is 40.5. The molecule has 3 rings (SSSR count). The van der Waals surface area contributed by atoms with Crippen LogP contribution in [0, 0.1) is 13.8 Å². The Morgan fingerprint density at radius 2 is 1.93 bits per heavy atom. The first-order valence-electron chi connectivity index (χ1n) is 8.13. The molecule has 2 aromatic heterocycles.